The van der Waals surface area contributed by atoms with E-state index < -0.39 is 28.6 Å². The average Bonchev–Trinajstić information content (AvgIpc) is 3.02. The van der Waals surface area contributed by atoms with Crippen LogP contribution in [0.3, 0.4) is 0 Å². The summed E-state index contributed by atoms with van der Waals surface area (Å²) in [6.45, 7) is 5.81. The van der Waals surface area contributed by atoms with E-state index in [2.05, 4.69) is 0 Å². The molecule has 2 fully saturated rings. The second kappa shape index (κ2) is 7.61. The molecule has 0 saturated heterocycles. The van der Waals surface area contributed by atoms with Gasteiger partial charge in [0.1, 0.15) is 13.2 Å². The van der Waals surface area contributed by atoms with Gasteiger partial charge in [-0.25, -0.2) is 4.79 Å². The monoisotopic (exact) mass is 401 g/mol. The van der Waals surface area contributed by atoms with Crippen LogP contribution in [0.5, 0.6) is 0 Å². The first-order valence-electron chi connectivity index (χ1n) is 9.86. The maximum absolute atomic E-state index is 12.5. The lowest BCUT2D eigenvalue weighted by atomic mass is 9.69. The van der Waals surface area contributed by atoms with Crippen molar-refractivity contribution < 1.29 is 28.7 Å². The van der Waals surface area contributed by atoms with E-state index in [1.165, 1.54) is 0 Å². The van der Waals surface area contributed by atoms with Crippen LogP contribution in [0.25, 0.3) is 0 Å². The minimum absolute atomic E-state index is 0.0131. The number of likely N-dealkylation sites (N-methyl/N-ethyl adjacent to an activating group) is 1. The standard InChI is InChI=1S/C22H27NO6/c1-5-28-20(27)14-6-8-15(9-7-14)23(4)12-17(24)29-13-22-11-10-16(21(22,2)3)18(25)19(22)26/h6-9,16H,5,10-13H2,1-4H3. The molecule has 2 atom stereocenters. The number of ketones is 2. The first-order chi connectivity index (χ1) is 13.6. The highest BCUT2D eigenvalue weighted by Gasteiger charge is 2.69. The Bertz CT molecular complexity index is 843. The van der Waals surface area contributed by atoms with Gasteiger partial charge in [-0.2, -0.15) is 0 Å². The van der Waals surface area contributed by atoms with E-state index in [4.69, 9.17) is 9.47 Å². The number of anilines is 1. The molecule has 156 valence electrons. The summed E-state index contributed by atoms with van der Waals surface area (Å²) in [4.78, 5) is 50.5. The van der Waals surface area contributed by atoms with Gasteiger partial charge in [-0.1, -0.05) is 13.8 Å². The first kappa shape index (κ1) is 21.0. The van der Waals surface area contributed by atoms with E-state index in [1.807, 2.05) is 13.8 Å². The largest absolute Gasteiger partial charge is 0.463 e. The van der Waals surface area contributed by atoms with Gasteiger partial charge in [0.05, 0.1) is 17.6 Å². The van der Waals surface area contributed by atoms with Gasteiger partial charge >= 0.3 is 11.9 Å². The number of benzene rings is 1. The molecule has 0 amide bonds. The zero-order valence-electron chi connectivity index (χ0n) is 17.3. The molecule has 0 spiro atoms. The Kier molecular flexibility index (Phi) is 5.52. The number of carbonyl (C=O) groups excluding carboxylic acids is 4. The molecule has 7 heteroatoms. The molecule has 0 heterocycles. The van der Waals surface area contributed by atoms with Crippen molar-refractivity contribution in [1.29, 1.82) is 0 Å². The summed E-state index contributed by atoms with van der Waals surface area (Å²) in [5, 5.41) is 0. The molecular weight excluding hydrogens is 374 g/mol. The zero-order valence-corrected chi connectivity index (χ0v) is 17.3. The predicted molar refractivity (Wildman–Crippen MR) is 106 cm³/mol. The molecule has 2 aliphatic rings. The summed E-state index contributed by atoms with van der Waals surface area (Å²) in [5.74, 6) is -1.85. The van der Waals surface area contributed by atoms with Gasteiger partial charge in [0.2, 0.25) is 11.6 Å². The van der Waals surface area contributed by atoms with Gasteiger partial charge in [-0.3, -0.25) is 14.4 Å². The molecule has 1 aromatic rings. The van der Waals surface area contributed by atoms with Gasteiger partial charge in [0.25, 0.3) is 0 Å². The lowest BCUT2D eigenvalue weighted by Crippen LogP contribution is -2.42. The van der Waals surface area contributed by atoms with Crippen LogP contribution >= 0.6 is 0 Å². The van der Waals surface area contributed by atoms with Crippen molar-refractivity contribution in [3.8, 4) is 0 Å². The lowest BCUT2D eigenvalue weighted by molar-refractivity contribution is -0.153. The van der Waals surface area contributed by atoms with Crippen molar-refractivity contribution in [2.24, 2.45) is 16.7 Å². The minimum Gasteiger partial charge on any atom is -0.463 e. The fraction of sp³-hybridized carbons (Fsp3) is 0.545. The third-order valence-electron chi connectivity index (χ3n) is 6.60. The van der Waals surface area contributed by atoms with Crippen LogP contribution in [-0.4, -0.2) is 50.3 Å². The molecule has 1 aromatic carbocycles. The van der Waals surface area contributed by atoms with Gasteiger partial charge in [0, 0.05) is 18.7 Å². The van der Waals surface area contributed by atoms with Crippen molar-refractivity contribution >= 4 is 29.2 Å². The molecular formula is C22H27NO6. The van der Waals surface area contributed by atoms with Gasteiger partial charge in [-0.15, -0.1) is 0 Å². The van der Waals surface area contributed by atoms with Gasteiger partial charge in [-0.05, 0) is 49.4 Å². The highest BCUT2D eigenvalue weighted by atomic mass is 16.5. The number of Topliss-reactive ketones (excluding diaryl/α,β-unsaturated/α-hetero) is 2. The van der Waals surface area contributed by atoms with Crippen LogP contribution < -0.4 is 4.90 Å². The van der Waals surface area contributed by atoms with Crippen LogP contribution in [0.1, 0.15) is 44.0 Å². The van der Waals surface area contributed by atoms with Crippen LogP contribution in [0.4, 0.5) is 5.69 Å². The SMILES string of the molecule is CCOC(=O)c1ccc(N(C)CC(=O)OCC23CCC(C(=O)C2=O)C3(C)C)cc1. The van der Waals surface area contributed by atoms with Gasteiger partial charge in [0.15, 0.2) is 0 Å². The number of nitrogens with zero attached hydrogens (tertiary/aromatic N) is 1. The number of carbonyl (C=O) groups is 4. The highest BCUT2D eigenvalue weighted by Crippen LogP contribution is 2.62. The average molecular weight is 401 g/mol. The molecule has 7 nitrogen and oxygen atoms in total. The number of hydrogen-bond acceptors (Lipinski definition) is 7. The molecule has 2 unspecified atom stereocenters. The van der Waals surface area contributed by atoms with Crippen LogP contribution in [0.15, 0.2) is 24.3 Å². The molecule has 2 bridgehead atoms. The van der Waals surface area contributed by atoms with E-state index in [0.717, 1.165) is 5.69 Å². The van der Waals surface area contributed by atoms with E-state index in [-0.39, 0.29) is 24.9 Å². The Morgan fingerprint density at radius 2 is 1.79 bits per heavy atom. The number of rotatable bonds is 7. The van der Waals surface area contributed by atoms with Crippen LogP contribution in [-0.2, 0) is 23.9 Å². The highest BCUT2D eigenvalue weighted by molar-refractivity contribution is 6.43. The molecule has 0 aliphatic heterocycles. The van der Waals surface area contributed by atoms with Crippen molar-refractivity contribution in [3.05, 3.63) is 29.8 Å². The lowest BCUT2D eigenvalue weighted by Gasteiger charge is -2.34. The van der Waals surface area contributed by atoms with Crippen molar-refractivity contribution in [2.75, 3.05) is 31.7 Å². The molecule has 2 saturated carbocycles. The third kappa shape index (κ3) is 3.43. The molecule has 29 heavy (non-hydrogen) atoms. The minimum atomic E-state index is -0.899. The van der Waals surface area contributed by atoms with Crippen molar-refractivity contribution in [3.63, 3.8) is 0 Å². The number of esters is 2. The summed E-state index contributed by atoms with van der Waals surface area (Å²) >= 11 is 0. The summed E-state index contributed by atoms with van der Waals surface area (Å²) in [7, 11) is 1.73. The second-order valence-corrected chi connectivity index (χ2v) is 8.37. The quantitative estimate of drug-likeness (QED) is 0.512. The molecule has 2 aliphatic carbocycles. The predicted octanol–water partition coefficient (Wildman–Crippen LogP) is 2.42. The van der Waals surface area contributed by atoms with Crippen molar-refractivity contribution in [2.45, 2.75) is 33.6 Å². The normalized spacial score (nSPS) is 24.5. The number of hydrogen-bond donors (Lipinski definition) is 0. The number of ether oxygens (including phenoxy) is 2. The Morgan fingerprint density at radius 3 is 2.34 bits per heavy atom. The summed E-state index contributed by atoms with van der Waals surface area (Å²) in [6.07, 6.45) is 1.25. The van der Waals surface area contributed by atoms with Crippen LogP contribution in [0, 0.1) is 16.7 Å². The third-order valence-corrected chi connectivity index (χ3v) is 6.60. The van der Waals surface area contributed by atoms with Crippen LogP contribution in [0.2, 0.25) is 0 Å². The smallest absolute Gasteiger partial charge is 0.338 e. The molecule has 0 radical (unpaired) electrons. The number of fused-ring (bicyclic) bond motifs is 2. The fourth-order valence-corrected chi connectivity index (χ4v) is 4.59. The van der Waals surface area contributed by atoms with E-state index >= 15 is 0 Å². The molecule has 3 rings (SSSR count). The second-order valence-electron chi connectivity index (χ2n) is 8.37. The van der Waals surface area contributed by atoms with E-state index in [0.29, 0.717) is 25.0 Å². The summed E-state index contributed by atoms with van der Waals surface area (Å²) < 4.78 is 10.4. The zero-order chi connectivity index (χ0) is 21.4. The van der Waals surface area contributed by atoms with E-state index in [9.17, 15) is 19.2 Å². The Hall–Kier alpha value is -2.70. The first-order valence-corrected chi connectivity index (χ1v) is 9.86. The Labute approximate surface area is 170 Å². The maximum atomic E-state index is 12.5. The molecule has 0 N–H and O–H groups in total. The summed E-state index contributed by atoms with van der Waals surface area (Å²) in [5.41, 5.74) is -0.213. The Balaban J connectivity index is 1.59. The summed E-state index contributed by atoms with van der Waals surface area (Å²) in [6, 6.07) is 6.72. The van der Waals surface area contributed by atoms with Crippen molar-refractivity contribution in [1.82, 2.24) is 0 Å². The molecule has 0 aromatic heterocycles. The fourth-order valence-electron chi connectivity index (χ4n) is 4.59. The van der Waals surface area contributed by atoms with E-state index in [1.54, 1.807) is 43.1 Å². The maximum Gasteiger partial charge on any atom is 0.338 e. The Morgan fingerprint density at radius 1 is 1.14 bits per heavy atom. The van der Waals surface area contributed by atoms with Gasteiger partial charge < -0.3 is 14.4 Å². The topological polar surface area (TPSA) is 90.0 Å².